The molecule has 2 nitrogen and oxygen atoms in total. The summed E-state index contributed by atoms with van der Waals surface area (Å²) in [7, 11) is 3.72. The Hall–Kier alpha value is -1.29. The molecule has 0 radical (unpaired) electrons. The molecule has 0 amide bonds. The Balaban J connectivity index is 2.39. The first kappa shape index (κ1) is 14.1. The summed E-state index contributed by atoms with van der Waals surface area (Å²) in [6.45, 7) is 0. The van der Waals surface area contributed by atoms with Crippen molar-refractivity contribution in [1.29, 1.82) is 0 Å². The summed E-state index contributed by atoms with van der Waals surface area (Å²) in [5.74, 6) is -1.57. The van der Waals surface area contributed by atoms with E-state index in [1.54, 1.807) is 0 Å². The second-order valence-electron chi connectivity index (χ2n) is 5.47. The van der Waals surface area contributed by atoms with Crippen molar-refractivity contribution < 1.29 is 13.6 Å². The summed E-state index contributed by atoms with van der Waals surface area (Å²) >= 11 is 0. The molecule has 0 saturated heterocycles. The van der Waals surface area contributed by atoms with Crippen LogP contribution >= 0.6 is 0 Å². The predicted octanol–water partition coefficient (Wildman–Crippen LogP) is 3.41. The fraction of sp³-hybridized carbons (Fsp3) is 0.533. The topological polar surface area (TPSA) is 20.3 Å². The van der Waals surface area contributed by atoms with Crippen molar-refractivity contribution in [1.82, 2.24) is 4.90 Å². The molecule has 1 aliphatic rings. The van der Waals surface area contributed by atoms with Crippen molar-refractivity contribution in [2.45, 2.75) is 37.6 Å². The van der Waals surface area contributed by atoms with E-state index in [4.69, 9.17) is 0 Å². The highest BCUT2D eigenvalue weighted by Gasteiger charge is 2.41. The fourth-order valence-electron chi connectivity index (χ4n) is 2.97. The van der Waals surface area contributed by atoms with Crippen LogP contribution in [0.1, 0.15) is 42.5 Å². The molecule has 0 N–H and O–H groups in total. The van der Waals surface area contributed by atoms with Crippen molar-refractivity contribution in [3.8, 4) is 0 Å². The first-order valence-electron chi connectivity index (χ1n) is 6.64. The molecule has 1 aliphatic carbocycles. The van der Waals surface area contributed by atoms with Crippen molar-refractivity contribution >= 4 is 5.78 Å². The van der Waals surface area contributed by atoms with Crippen LogP contribution in [0.3, 0.4) is 0 Å². The Kier molecular flexibility index (Phi) is 3.99. The molecule has 0 bridgehead atoms. The molecule has 4 heteroatoms. The molecule has 0 aliphatic heterocycles. The van der Waals surface area contributed by atoms with Gasteiger partial charge in [0, 0.05) is 11.6 Å². The van der Waals surface area contributed by atoms with Gasteiger partial charge in [0.15, 0.2) is 5.78 Å². The number of nitrogens with zero attached hydrogens (tertiary/aromatic N) is 1. The van der Waals surface area contributed by atoms with Gasteiger partial charge >= 0.3 is 0 Å². The summed E-state index contributed by atoms with van der Waals surface area (Å²) < 4.78 is 26.6. The van der Waals surface area contributed by atoms with Crippen molar-refractivity contribution in [3.63, 3.8) is 0 Å². The number of halogens is 2. The monoisotopic (exact) mass is 267 g/mol. The third kappa shape index (κ3) is 2.68. The smallest absolute Gasteiger partial charge is 0.183 e. The second kappa shape index (κ2) is 5.37. The Labute approximate surface area is 112 Å². The molecule has 0 heterocycles. The van der Waals surface area contributed by atoms with Gasteiger partial charge in [-0.1, -0.05) is 19.3 Å². The van der Waals surface area contributed by atoms with Gasteiger partial charge in [0.05, 0.1) is 5.54 Å². The molecule has 0 unspecified atom stereocenters. The molecule has 1 aromatic carbocycles. The lowest BCUT2D eigenvalue weighted by atomic mass is 9.75. The van der Waals surface area contributed by atoms with Crippen LogP contribution in [0.2, 0.25) is 0 Å². The molecule has 19 heavy (non-hydrogen) atoms. The Morgan fingerprint density at radius 3 is 2.05 bits per heavy atom. The molecular weight excluding hydrogens is 248 g/mol. The van der Waals surface area contributed by atoms with Crippen molar-refractivity contribution in [2.24, 2.45) is 0 Å². The molecule has 1 fully saturated rings. The Morgan fingerprint density at radius 2 is 1.58 bits per heavy atom. The minimum Gasteiger partial charge on any atom is -0.297 e. The summed E-state index contributed by atoms with van der Waals surface area (Å²) in [5, 5.41) is 0. The van der Waals surface area contributed by atoms with E-state index >= 15 is 0 Å². The van der Waals surface area contributed by atoms with Gasteiger partial charge in [0.25, 0.3) is 0 Å². The zero-order valence-electron chi connectivity index (χ0n) is 11.4. The van der Waals surface area contributed by atoms with Crippen molar-refractivity contribution in [3.05, 3.63) is 35.4 Å². The van der Waals surface area contributed by atoms with Crippen LogP contribution in [-0.2, 0) is 0 Å². The van der Waals surface area contributed by atoms with E-state index < -0.39 is 17.2 Å². The van der Waals surface area contributed by atoms with Gasteiger partial charge < -0.3 is 0 Å². The van der Waals surface area contributed by atoms with Gasteiger partial charge in [0.1, 0.15) is 11.6 Å². The number of Topliss-reactive ketones (excluding diaryl/α,β-unsaturated/α-hetero) is 1. The Bertz CT molecular complexity index is 459. The second-order valence-corrected chi connectivity index (χ2v) is 5.47. The zero-order chi connectivity index (χ0) is 14.0. The number of hydrogen-bond acceptors (Lipinski definition) is 2. The summed E-state index contributed by atoms with van der Waals surface area (Å²) in [6, 6.07) is 3.05. The third-order valence-electron chi connectivity index (χ3n) is 4.08. The van der Waals surface area contributed by atoms with E-state index in [0.29, 0.717) is 0 Å². The molecule has 1 aromatic rings. The molecule has 2 rings (SSSR count). The quantitative estimate of drug-likeness (QED) is 0.782. The van der Waals surface area contributed by atoms with Gasteiger partial charge in [-0.05, 0) is 39.1 Å². The normalized spacial score (nSPS) is 18.6. The number of hydrogen-bond donors (Lipinski definition) is 0. The van der Waals surface area contributed by atoms with E-state index in [0.717, 1.165) is 50.3 Å². The molecule has 104 valence electrons. The highest BCUT2D eigenvalue weighted by atomic mass is 19.1. The van der Waals surface area contributed by atoms with Gasteiger partial charge in [-0.15, -0.1) is 0 Å². The summed E-state index contributed by atoms with van der Waals surface area (Å²) in [4.78, 5) is 14.6. The maximum atomic E-state index is 13.3. The molecule has 0 atom stereocenters. The molecular formula is C15H19F2NO. The highest BCUT2D eigenvalue weighted by molar-refractivity contribution is 6.03. The summed E-state index contributed by atoms with van der Waals surface area (Å²) in [6.07, 6.45) is 4.55. The third-order valence-corrected chi connectivity index (χ3v) is 4.08. The first-order valence-corrected chi connectivity index (χ1v) is 6.64. The van der Waals surface area contributed by atoms with Gasteiger partial charge in [-0.3, -0.25) is 9.69 Å². The van der Waals surface area contributed by atoms with Crippen LogP contribution in [0.25, 0.3) is 0 Å². The number of benzene rings is 1. The van der Waals surface area contributed by atoms with Gasteiger partial charge in [0.2, 0.25) is 0 Å². The van der Waals surface area contributed by atoms with Crippen molar-refractivity contribution in [2.75, 3.05) is 14.1 Å². The number of rotatable bonds is 3. The standard InChI is InChI=1S/C15H19F2NO/c1-18(2)15(6-4-3-5-7-15)14(19)11-8-12(16)10-13(17)9-11/h8-10H,3-7H2,1-2H3. The van der Waals surface area contributed by atoms with Gasteiger partial charge in [-0.2, -0.15) is 0 Å². The van der Waals surface area contributed by atoms with Crippen LogP contribution in [0.15, 0.2) is 18.2 Å². The van der Waals surface area contributed by atoms with Gasteiger partial charge in [-0.25, -0.2) is 8.78 Å². The molecule has 0 spiro atoms. The minimum absolute atomic E-state index is 0.133. The van der Waals surface area contributed by atoms with Crippen LogP contribution in [0, 0.1) is 11.6 Å². The van der Waals surface area contributed by atoms with Crippen LogP contribution in [0.4, 0.5) is 8.78 Å². The Morgan fingerprint density at radius 1 is 1.05 bits per heavy atom. The SMILES string of the molecule is CN(C)C1(C(=O)c2cc(F)cc(F)c2)CCCCC1. The van der Waals surface area contributed by atoms with Crippen LogP contribution in [0.5, 0.6) is 0 Å². The van der Waals surface area contributed by atoms with E-state index in [1.165, 1.54) is 0 Å². The average Bonchev–Trinajstić information content (AvgIpc) is 2.37. The molecule has 1 saturated carbocycles. The maximum Gasteiger partial charge on any atom is 0.183 e. The minimum atomic E-state index is -0.701. The number of carbonyl (C=O) groups is 1. The lowest BCUT2D eigenvalue weighted by Gasteiger charge is -2.41. The zero-order valence-corrected chi connectivity index (χ0v) is 11.4. The lowest BCUT2D eigenvalue weighted by molar-refractivity contribution is 0.0563. The summed E-state index contributed by atoms with van der Waals surface area (Å²) in [5.41, 5.74) is -0.480. The first-order chi connectivity index (χ1) is 8.95. The largest absolute Gasteiger partial charge is 0.297 e. The highest BCUT2D eigenvalue weighted by Crippen LogP contribution is 2.35. The van der Waals surface area contributed by atoms with E-state index in [-0.39, 0.29) is 11.3 Å². The predicted molar refractivity (Wildman–Crippen MR) is 70.2 cm³/mol. The lowest BCUT2D eigenvalue weighted by Crippen LogP contribution is -2.52. The van der Waals surface area contributed by atoms with E-state index in [2.05, 4.69) is 0 Å². The fourth-order valence-corrected chi connectivity index (χ4v) is 2.97. The average molecular weight is 267 g/mol. The van der Waals surface area contributed by atoms with Crippen LogP contribution < -0.4 is 0 Å². The number of carbonyl (C=O) groups excluding carboxylic acids is 1. The number of likely N-dealkylation sites (N-methyl/N-ethyl adjacent to an activating group) is 1. The number of ketones is 1. The maximum absolute atomic E-state index is 13.3. The van der Waals surface area contributed by atoms with Crippen LogP contribution in [-0.4, -0.2) is 30.3 Å². The van der Waals surface area contributed by atoms with E-state index in [1.807, 2.05) is 19.0 Å². The van der Waals surface area contributed by atoms with E-state index in [9.17, 15) is 13.6 Å². The molecule has 0 aromatic heterocycles.